The highest BCUT2D eigenvalue weighted by atomic mass is 16.5. The van der Waals surface area contributed by atoms with Crippen LogP contribution >= 0.6 is 0 Å². The summed E-state index contributed by atoms with van der Waals surface area (Å²) in [7, 11) is 0. The number of hydrogen-bond donors (Lipinski definition) is 2. The molecule has 5 heteroatoms. The predicted molar refractivity (Wildman–Crippen MR) is 73.4 cm³/mol. The number of carboxylic acid groups (broad SMARTS) is 1. The zero-order valence-corrected chi connectivity index (χ0v) is 12.4. The first-order chi connectivity index (χ1) is 8.78. The van der Waals surface area contributed by atoms with Crippen LogP contribution < -0.4 is 5.32 Å². The Hall–Kier alpha value is -0.810. The number of rotatable bonds is 1. The summed E-state index contributed by atoms with van der Waals surface area (Å²) in [6, 6.07) is -0.0490. The van der Waals surface area contributed by atoms with Crippen molar-refractivity contribution in [2.75, 3.05) is 19.7 Å². The van der Waals surface area contributed by atoms with E-state index in [4.69, 9.17) is 4.74 Å². The van der Waals surface area contributed by atoms with Gasteiger partial charge in [0.15, 0.2) is 0 Å². The van der Waals surface area contributed by atoms with Crippen molar-refractivity contribution in [2.45, 2.75) is 58.2 Å². The van der Waals surface area contributed by atoms with Gasteiger partial charge in [-0.3, -0.25) is 4.90 Å². The summed E-state index contributed by atoms with van der Waals surface area (Å²) in [4.78, 5) is 13.4. The maximum Gasteiger partial charge on any atom is 0.408 e. The molecule has 2 atom stereocenters. The zero-order valence-electron chi connectivity index (χ0n) is 12.4. The Labute approximate surface area is 115 Å². The third kappa shape index (κ3) is 2.58. The van der Waals surface area contributed by atoms with Crippen molar-refractivity contribution in [2.24, 2.45) is 5.41 Å². The first kappa shape index (κ1) is 14.6. The number of nitrogens with zero attached hydrogens (tertiary/aromatic N) is 1. The predicted octanol–water partition coefficient (Wildman–Crippen LogP) is 1.92. The number of ether oxygens (including phenoxy) is 1. The van der Waals surface area contributed by atoms with Crippen LogP contribution in [0.4, 0.5) is 4.79 Å². The molecule has 0 saturated carbocycles. The monoisotopic (exact) mass is 270 g/mol. The van der Waals surface area contributed by atoms with E-state index < -0.39 is 11.6 Å². The smallest absolute Gasteiger partial charge is 0.408 e. The number of hydrogen-bond acceptors (Lipinski definition) is 3. The molecule has 1 spiro atoms. The number of nitrogens with one attached hydrogen (secondary N) is 1. The molecular weight excluding hydrogens is 244 g/mol. The molecule has 2 heterocycles. The van der Waals surface area contributed by atoms with Crippen molar-refractivity contribution in [1.82, 2.24) is 10.2 Å². The second-order valence-electron chi connectivity index (χ2n) is 6.90. The van der Waals surface area contributed by atoms with Crippen LogP contribution in [-0.4, -0.2) is 53.5 Å². The first-order valence-corrected chi connectivity index (χ1v) is 7.12. The quantitative estimate of drug-likeness (QED) is 0.764. The molecule has 2 N–H and O–H groups in total. The van der Waals surface area contributed by atoms with Crippen LogP contribution in [0.5, 0.6) is 0 Å². The summed E-state index contributed by atoms with van der Waals surface area (Å²) >= 11 is 0. The van der Waals surface area contributed by atoms with E-state index in [9.17, 15) is 9.90 Å². The third-order valence-electron chi connectivity index (χ3n) is 4.51. The van der Waals surface area contributed by atoms with Gasteiger partial charge in [-0.25, -0.2) is 4.79 Å². The third-order valence-corrected chi connectivity index (χ3v) is 4.51. The molecule has 110 valence electrons. The van der Waals surface area contributed by atoms with Crippen molar-refractivity contribution in [1.29, 1.82) is 0 Å². The minimum atomic E-state index is -0.840. The second kappa shape index (κ2) is 4.94. The van der Waals surface area contributed by atoms with Crippen LogP contribution in [-0.2, 0) is 4.74 Å². The molecule has 2 rings (SSSR count). The van der Waals surface area contributed by atoms with Gasteiger partial charge in [0.25, 0.3) is 0 Å². The molecule has 2 aliphatic heterocycles. The second-order valence-corrected chi connectivity index (χ2v) is 6.90. The van der Waals surface area contributed by atoms with Gasteiger partial charge in [0.2, 0.25) is 0 Å². The van der Waals surface area contributed by atoms with Gasteiger partial charge in [-0.1, -0.05) is 0 Å². The molecule has 0 aromatic carbocycles. The number of piperidine rings is 1. The van der Waals surface area contributed by atoms with E-state index >= 15 is 0 Å². The van der Waals surface area contributed by atoms with E-state index in [1.54, 1.807) is 4.90 Å². The highest BCUT2D eigenvalue weighted by Crippen LogP contribution is 2.45. The van der Waals surface area contributed by atoms with Gasteiger partial charge in [0.05, 0.1) is 18.8 Å². The maximum atomic E-state index is 11.8. The van der Waals surface area contributed by atoms with E-state index in [0.29, 0.717) is 6.61 Å². The summed E-state index contributed by atoms with van der Waals surface area (Å²) in [5.41, 5.74) is -0.424. The molecule has 5 nitrogen and oxygen atoms in total. The normalized spacial score (nSPS) is 30.5. The lowest BCUT2D eigenvalue weighted by Crippen LogP contribution is -2.60. The molecule has 19 heavy (non-hydrogen) atoms. The highest BCUT2D eigenvalue weighted by molar-refractivity contribution is 5.67. The fourth-order valence-corrected chi connectivity index (χ4v) is 3.64. The summed E-state index contributed by atoms with van der Waals surface area (Å²) in [5, 5.41) is 13.0. The van der Waals surface area contributed by atoms with Crippen molar-refractivity contribution in [3.8, 4) is 0 Å². The van der Waals surface area contributed by atoms with Crippen molar-refractivity contribution >= 4 is 6.09 Å². The largest absolute Gasteiger partial charge is 0.465 e. The van der Waals surface area contributed by atoms with Crippen LogP contribution in [0.2, 0.25) is 0 Å². The van der Waals surface area contributed by atoms with Gasteiger partial charge >= 0.3 is 6.09 Å². The van der Waals surface area contributed by atoms with Crippen LogP contribution in [0.3, 0.4) is 0 Å². The Morgan fingerprint density at radius 1 is 1.37 bits per heavy atom. The topological polar surface area (TPSA) is 61.8 Å². The molecule has 0 aromatic rings. The molecule has 2 saturated heterocycles. The molecule has 2 aliphatic rings. The number of amides is 1. The average Bonchev–Trinajstić information content (AvgIpc) is 2.58. The fourth-order valence-electron chi connectivity index (χ4n) is 3.64. The lowest BCUT2D eigenvalue weighted by Gasteiger charge is -2.48. The van der Waals surface area contributed by atoms with Gasteiger partial charge in [0, 0.05) is 11.0 Å². The van der Waals surface area contributed by atoms with Crippen molar-refractivity contribution in [3.63, 3.8) is 0 Å². The molecule has 0 aromatic heterocycles. The van der Waals surface area contributed by atoms with Gasteiger partial charge < -0.3 is 15.2 Å². The van der Waals surface area contributed by atoms with Crippen molar-refractivity contribution in [3.05, 3.63) is 0 Å². The van der Waals surface area contributed by atoms with Gasteiger partial charge in [0.1, 0.15) is 0 Å². The SMILES string of the molecule is C[C@@H]1OCC2(CCNCC2)[C@@H]1N(C(=O)O)C(C)(C)C. The Balaban J connectivity index is 2.34. The Kier molecular flexibility index (Phi) is 3.80. The molecule has 0 unspecified atom stereocenters. The van der Waals surface area contributed by atoms with Crippen LogP contribution in [0.1, 0.15) is 40.5 Å². The van der Waals surface area contributed by atoms with Crippen LogP contribution in [0.25, 0.3) is 0 Å². The fraction of sp³-hybridized carbons (Fsp3) is 0.929. The van der Waals surface area contributed by atoms with E-state index in [0.717, 1.165) is 25.9 Å². The Morgan fingerprint density at radius 2 is 1.95 bits per heavy atom. The van der Waals surface area contributed by atoms with E-state index in [1.165, 1.54) is 0 Å². The van der Waals surface area contributed by atoms with Crippen LogP contribution in [0.15, 0.2) is 0 Å². The van der Waals surface area contributed by atoms with E-state index in [-0.39, 0.29) is 17.6 Å². The lowest BCUT2D eigenvalue weighted by atomic mass is 9.72. The molecule has 0 radical (unpaired) electrons. The molecule has 0 bridgehead atoms. The summed E-state index contributed by atoms with van der Waals surface area (Å²) < 4.78 is 5.85. The summed E-state index contributed by atoms with van der Waals surface area (Å²) in [6.07, 6.45) is 1.10. The van der Waals surface area contributed by atoms with E-state index in [2.05, 4.69) is 5.32 Å². The van der Waals surface area contributed by atoms with Gasteiger partial charge in [-0.2, -0.15) is 0 Å². The van der Waals surface area contributed by atoms with Crippen molar-refractivity contribution < 1.29 is 14.6 Å². The van der Waals surface area contributed by atoms with Crippen LogP contribution in [0, 0.1) is 5.41 Å². The minimum Gasteiger partial charge on any atom is -0.465 e. The molecular formula is C14H26N2O3. The zero-order chi connectivity index (χ0) is 14.3. The Bertz CT molecular complexity index is 340. The van der Waals surface area contributed by atoms with Gasteiger partial charge in [-0.15, -0.1) is 0 Å². The first-order valence-electron chi connectivity index (χ1n) is 7.12. The summed E-state index contributed by atoms with van der Waals surface area (Å²) in [5.74, 6) is 0. The lowest BCUT2D eigenvalue weighted by molar-refractivity contribution is 0.00682. The molecule has 1 amide bonds. The highest BCUT2D eigenvalue weighted by Gasteiger charge is 2.54. The molecule has 2 fully saturated rings. The van der Waals surface area contributed by atoms with Gasteiger partial charge in [-0.05, 0) is 53.6 Å². The number of carbonyl (C=O) groups is 1. The van der Waals surface area contributed by atoms with E-state index in [1.807, 2.05) is 27.7 Å². The summed E-state index contributed by atoms with van der Waals surface area (Å²) in [6.45, 7) is 10.5. The molecule has 0 aliphatic carbocycles. The standard InChI is InChI=1S/C14H26N2O3/c1-10-11(16(12(17)18)13(2,3)4)14(9-19-10)5-7-15-8-6-14/h10-11,15H,5-9H2,1-4H3,(H,17,18)/t10-,11+/m0/s1. The maximum absolute atomic E-state index is 11.8. The average molecular weight is 270 g/mol. The Morgan fingerprint density at radius 3 is 2.42 bits per heavy atom. The minimum absolute atomic E-state index is 0.0175.